The summed E-state index contributed by atoms with van der Waals surface area (Å²) in [7, 11) is 0. The highest BCUT2D eigenvalue weighted by molar-refractivity contribution is 5.74. The van der Waals surface area contributed by atoms with E-state index in [-0.39, 0.29) is 0 Å². The van der Waals surface area contributed by atoms with Gasteiger partial charge in [-0.25, -0.2) is 4.79 Å². The first-order chi connectivity index (χ1) is 5.75. The summed E-state index contributed by atoms with van der Waals surface area (Å²) < 4.78 is 35.5. The normalized spacial score (nSPS) is 13.5. The first kappa shape index (κ1) is 11.5. The zero-order chi connectivity index (χ0) is 10.6. The molecular weight excluding hydrogens is 193 g/mol. The number of carbonyl (C=O) groups excluding carboxylic acids is 1. The lowest BCUT2D eigenvalue weighted by atomic mass is 10.1. The van der Waals surface area contributed by atoms with Gasteiger partial charge in [-0.2, -0.15) is 13.2 Å². The monoisotopic (exact) mass is 200 g/mol. The number of rotatable bonds is 3. The Hall–Kier alpha value is -1.47. The highest BCUT2D eigenvalue weighted by atomic mass is 19.4. The highest BCUT2D eigenvalue weighted by Gasteiger charge is 2.45. The van der Waals surface area contributed by atoms with Gasteiger partial charge in [0.05, 0.1) is 0 Å². The summed E-state index contributed by atoms with van der Waals surface area (Å²) in [6.45, 7) is -1.06. The molecule has 13 heavy (non-hydrogen) atoms. The third-order valence-electron chi connectivity index (χ3n) is 1.17. The van der Waals surface area contributed by atoms with Crippen LogP contribution in [0.4, 0.5) is 18.0 Å². The predicted molar refractivity (Wildman–Crippen MR) is 34.8 cm³/mol. The lowest BCUT2D eigenvalue weighted by Gasteiger charge is -2.15. The van der Waals surface area contributed by atoms with Gasteiger partial charge < -0.3 is 16.2 Å². The Kier molecular flexibility index (Phi) is 3.52. The summed E-state index contributed by atoms with van der Waals surface area (Å²) in [6, 6.07) is -1.20. The van der Waals surface area contributed by atoms with Crippen LogP contribution < -0.4 is 11.1 Å². The Morgan fingerprint density at radius 2 is 1.92 bits per heavy atom. The fourth-order valence-electron chi connectivity index (χ4n) is 0.546. The number of halogens is 3. The van der Waals surface area contributed by atoms with Crippen LogP contribution in [0, 0.1) is 5.92 Å². The molecular formula is C5H7F3N2O3. The molecule has 0 saturated heterocycles. The van der Waals surface area contributed by atoms with E-state index in [9.17, 15) is 22.8 Å². The van der Waals surface area contributed by atoms with Gasteiger partial charge in [0.2, 0.25) is 0 Å². The Bertz CT molecular complexity index is 216. The number of hydrogen-bond donors (Lipinski definition) is 3. The van der Waals surface area contributed by atoms with Crippen molar-refractivity contribution in [2.45, 2.75) is 6.18 Å². The number of carbonyl (C=O) groups is 2. The first-order valence-electron chi connectivity index (χ1n) is 3.08. The molecule has 0 aliphatic heterocycles. The molecule has 76 valence electrons. The van der Waals surface area contributed by atoms with Crippen molar-refractivity contribution in [1.82, 2.24) is 5.32 Å². The van der Waals surface area contributed by atoms with Gasteiger partial charge in [0, 0.05) is 6.54 Å². The minimum Gasteiger partial charge on any atom is -0.481 e. The van der Waals surface area contributed by atoms with E-state index in [1.54, 1.807) is 5.32 Å². The molecule has 8 heteroatoms. The smallest absolute Gasteiger partial charge is 0.403 e. The van der Waals surface area contributed by atoms with E-state index in [2.05, 4.69) is 5.73 Å². The molecule has 0 aromatic carbocycles. The second-order valence-corrected chi connectivity index (χ2v) is 2.18. The van der Waals surface area contributed by atoms with E-state index in [0.717, 1.165) is 0 Å². The molecule has 0 bridgehead atoms. The molecule has 0 radical (unpaired) electrons. The van der Waals surface area contributed by atoms with Crippen LogP contribution in [0.5, 0.6) is 0 Å². The zero-order valence-corrected chi connectivity index (χ0v) is 6.26. The number of alkyl halides is 3. The maximum atomic E-state index is 11.8. The molecule has 0 aromatic heterocycles. The molecule has 0 aromatic rings. The minimum atomic E-state index is -4.89. The molecule has 0 rings (SSSR count). The number of urea groups is 1. The van der Waals surface area contributed by atoms with Gasteiger partial charge in [-0.1, -0.05) is 0 Å². The van der Waals surface area contributed by atoms with Crippen LogP contribution in [0.3, 0.4) is 0 Å². The number of aliphatic carboxylic acids is 1. The second-order valence-electron chi connectivity index (χ2n) is 2.18. The number of carboxylic acids is 1. The van der Waals surface area contributed by atoms with Crippen molar-refractivity contribution < 1.29 is 27.9 Å². The van der Waals surface area contributed by atoms with E-state index in [1.165, 1.54) is 0 Å². The number of primary amides is 1. The largest absolute Gasteiger partial charge is 0.481 e. The van der Waals surface area contributed by atoms with Gasteiger partial charge in [-0.3, -0.25) is 4.79 Å². The fraction of sp³-hybridized carbons (Fsp3) is 0.600. The molecule has 0 heterocycles. The SMILES string of the molecule is NC(=O)NCC(C(=O)O)C(F)(F)F. The Morgan fingerprint density at radius 3 is 2.15 bits per heavy atom. The zero-order valence-electron chi connectivity index (χ0n) is 6.26. The van der Waals surface area contributed by atoms with Gasteiger partial charge in [-0.15, -0.1) is 0 Å². The van der Waals surface area contributed by atoms with Crippen LogP contribution in [-0.2, 0) is 4.79 Å². The van der Waals surface area contributed by atoms with Crippen molar-refractivity contribution in [1.29, 1.82) is 0 Å². The number of nitrogens with two attached hydrogens (primary N) is 1. The number of nitrogens with one attached hydrogen (secondary N) is 1. The fourth-order valence-corrected chi connectivity index (χ4v) is 0.546. The maximum Gasteiger partial charge on any atom is 0.403 e. The summed E-state index contributed by atoms with van der Waals surface area (Å²) in [4.78, 5) is 20.1. The number of amides is 2. The number of hydrogen-bond acceptors (Lipinski definition) is 2. The molecule has 0 fully saturated rings. The van der Waals surface area contributed by atoms with Gasteiger partial charge in [0.1, 0.15) is 0 Å². The molecule has 1 atom stereocenters. The van der Waals surface area contributed by atoms with Gasteiger partial charge in [-0.05, 0) is 0 Å². The average molecular weight is 200 g/mol. The third-order valence-corrected chi connectivity index (χ3v) is 1.17. The molecule has 0 aliphatic carbocycles. The standard InChI is InChI=1S/C5H7F3N2O3/c6-5(7,8)2(3(11)12)1-10-4(9)13/h2H,1H2,(H,11,12)(H3,9,10,13). The summed E-state index contributed by atoms with van der Waals surface area (Å²) in [5.41, 5.74) is 4.47. The van der Waals surface area contributed by atoms with Gasteiger partial charge >= 0.3 is 18.2 Å². The van der Waals surface area contributed by atoms with Gasteiger partial charge in [0.25, 0.3) is 0 Å². The molecule has 0 aliphatic rings. The van der Waals surface area contributed by atoms with Crippen LogP contribution in [0.15, 0.2) is 0 Å². The lowest BCUT2D eigenvalue weighted by molar-refractivity contribution is -0.191. The average Bonchev–Trinajstić information content (AvgIpc) is 1.81. The van der Waals surface area contributed by atoms with Crippen molar-refractivity contribution in [3.8, 4) is 0 Å². The third kappa shape index (κ3) is 4.19. The van der Waals surface area contributed by atoms with Crippen molar-refractivity contribution >= 4 is 12.0 Å². The van der Waals surface area contributed by atoms with Crippen molar-refractivity contribution in [3.63, 3.8) is 0 Å². The predicted octanol–water partition coefficient (Wildman–Crippen LogP) is -0.0822. The van der Waals surface area contributed by atoms with E-state index >= 15 is 0 Å². The quantitative estimate of drug-likeness (QED) is 0.594. The van der Waals surface area contributed by atoms with E-state index in [0.29, 0.717) is 0 Å². The van der Waals surface area contributed by atoms with E-state index < -0.39 is 30.6 Å². The number of carboxylic acid groups (broad SMARTS) is 1. The van der Waals surface area contributed by atoms with Crippen LogP contribution >= 0.6 is 0 Å². The minimum absolute atomic E-state index is 1.06. The highest BCUT2D eigenvalue weighted by Crippen LogP contribution is 2.25. The molecule has 5 nitrogen and oxygen atoms in total. The van der Waals surface area contributed by atoms with Crippen LogP contribution in [0.1, 0.15) is 0 Å². The summed E-state index contributed by atoms with van der Waals surface area (Å²) in [6.07, 6.45) is -4.89. The molecule has 1 unspecified atom stereocenters. The Labute approximate surface area is 70.7 Å². The second kappa shape index (κ2) is 3.97. The molecule has 4 N–H and O–H groups in total. The summed E-state index contributed by atoms with van der Waals surface area (Å²) >= 11 is 0. The van der Waals surface area contributed by atoms with Crippen molar-refractivity contribution in [2.24, 2.45) is 11.7 Å². The Morgan fingerprint density at radius 1 is 1.46 bits per heavy atom. The summed E-state index contributed by atoms with van der Waals surface area (Å²) in [5.74, 6) is -4.68. The maximum absolute atomic E-state index is 11.8. The topological polar surface area (TPSA) is 92.4 Å². The first-order valence-corrected chi connectivity index (χ1v) is 3.08. The van der Waals surface area contributed by atoms with E-state index in [1.807, 2.05) is 0 Å². The van der Waals surface area contributed by atoms with Gasteiger partial charge in [0.15, 0.2) is 5.92 Å². The van der Waals surface area contributed by atoms with Crippen LogP contribution in [0.2, 0.25) is 0 Å². The lowest BCUT2D eigenvalue weighted by Crippen LogP contribution is -2.42. The van der Waals surface area contributed by atoms with Crippen LogP contribution in [-0.4, -0.2) is 29.8 Å². The summed E-state index contributed by atoms with van der Waals surface area (Å²) in [5, 5.41) is 9.68. The van der Waals surface area contributed by atoms with Crippen molar-refractivity contribution in [2.75, 3.05) is 6.54 Å². The molecule has 2 amide bonds. The Balaban J connectivity index is 4.28. The van der Waals surface area contributed by atoms with Crippen LogP contribution in [0.25, 0.3) is 0 Å². The molecule has 0 saturated carbocycles. The van der Waals surface area contributed by atoms with Crippen molar-refractivity contribution in [3.05, 3.63) is 0 Å². The van der Waals surface area contributed by atoms with E-state index in [4.69, 9.17) is 5.11 Å². The molecule has 0 spiro atoms.